The van der Waals surface area contributed by atoms with Gasteiger partial charge in [0.1, 0.15) is 12.1 Å². The Morgan fingerprint density at radius 1 is 1.24 bits per heavy atom. The predicted molar refractivity (Wildman–Crippen MR) is 108 cm³/mol. The molecule has 0 aromatic heterocycles. The highest BCUT2D eigenvalue weighted by Gasteiger charge is 2.52. The summed E-state index contributed by atoms with van der Waals surface area (Å²) in [6, 6.07) is 6.99. The number of benzene rings is 1. The number of ether oxygens (including phenoxy) is 1. The van der Waals surface area contributed by atoms with Crippen LogP contribution in [0, 0.1) is 11.8 Å². The lowest BCUT2D eigenvalue weighted by molar-refractivity contribution is -0.135. The topological polar surface area (TPSA) is 87.7 Å². The Labute approximate surface area is 171 Å². The minimum Gasteiger partial charge on any atom is -0.376 e. The quantitative estimate of drug-likeness (QED) is 0.690. The number of nitrogens with zero attached hydrogens (tertiary/aromatic N) is 1. The van der Waals surface area contributed by atoms with Gasteiger partial charge in [0, 0.05) is 12.3 Å². The highest BCUT2D eigenvalue weighted by molar-refractivity contribution is 6.10. The van der Waals surface area contributed by atoms with Crippen molar-refractivity contribution in [3.8, 4) is 0 Å². The maximum Gasteiger partial charge on any atom is 0.325 e. The van der Waals surface area contributed by atoms with Crippen LogP contribution in [-0.4, -0.2) is 41.4 Å². The van der Waals surface area contributed by atoms with Crippen molar-refractivity contribution in [2.24, 2.45) is 11.8 Å². The summed E-state index contributed by atoms with van der Waals surface area (Å²) in [6.07, 6.45) is 5.58. The Bertz CT molecular complexity index is 797. The van der Waals surface area contributed by atoms with Gasteiger partial charge in [0.2, 0.25) is 5.91 Å². The summed E-state index contributed by atoms with van der Waals surface area (Å²) in [5.41, 5.74) is 0.798. The van der Waals surface area contributed by atoms with Gasteiger partial charge in [-0.25, -0.2) is 4.79 Å². The second kappa shape index (κ2) is 8.14. The van der Waals surface area contributed by atoms with Crippen molar-refractivity contribution in [3.63, 3.8) is 0 Å². The van der Waals surface area contributed by atoms with Gasteiger partial charge >= 0.3 is 6.03 Å². The van der Waals surface area contributed by atoms with Crippen LogP contribution >= 0.6 is 0 Å². The molecule has 1 aromatic carbocycles. The zero-order valence-electron chi connectivity index (χ0n) is 16.9. The van der Waals surface area contributed by atoms with Crippen LogP contribution in [-0.2, 0) is 20.9 Å². The van der Waals surface area contributed by atoms with E-state index in [-0.39, 0.29) is 18.4 Å². The number of anilines is 1. The van der Waals surface area contributed by atoms with Crippen LogP contribution in [0.5, 0.6) is 0 Å². The number of amides is 4. The third-order valence-electron chi connectivity index (χ3n) is 6.21. The summed E-state index contributed by atoms with van der Waals surface area (Å²) in [5, 5.41) is 5.64. The van der Waals surface area contributed by atoms with Crippen molar-refractivity contribution in [3.05, 3.63) is 29.8 Å². The zero-order chi connectivity index (χ0) is 20.4. The van der Waals surface area contributed by atoms with E-state index in [9.17, 15) is 14.4 Å². The van der Waals surface area contributed by atoms with E-state index in [1.165, 1.54) is 12.8 Å². The van der Waals surface area contributed by atoms with E-state index in [0.717, 1.165) is 29.9 Å². The lowest BCUT2D eigenvalue weighted by Crippen LogP contribution is -2.49. The largest absolute Gasteiger partial charge is 0.376 e. The fourth-order valence-electron chi connectivity index (χ4n) is 4.12. The molecular formula is C22H29N3O4. The summed E-state index contributed by atoms with van der Waals surface area (Å²) in [4.78, 5) is 38.8. The third kappa shape index (κ3) is 4.61. The maximum atomic E-state index is 12.9. The van der Waals surface area contributed by atoms with Gasteiger partial charge in [-0.1, -0.05) is 19.1 Å². The first-order valence-corrected chi connectivity index (χ1v) is 10.6. The van der Waals surface area contributed by atoms with Crippen molar-refractivity contribution < 1.29 is 19.1 Å². The molecule has 4 amide bonds. The van der Waals surface area contributed by atoms with Crippen LogP contribution < -0.4 is 10.6 Å². The molecule has 7 nitrogen and oxygen atoms in total. The van der Waals surface area contributed by atoms with Crippen molar-refractivity contribution in [2.45, 2.75) is 57.6 Å². The Morgan fingerprint density at radius 3 is 2.72 bits per heavy atom. The number of carbonyl (C=O) groups excluding carboxylic acids is 3. The van der Waals surface area contributed by atoms with Gasteiger partial charge in [-0.3, -0.25) is 14.5 Å². The molecule has 0 radical (unpaired) electrons. The molecule has 1 aromatic rings. The van der Waals surface area contributed by atoms with Crippen molar-refractivity contribution in [2.75, 3.05) is 18.5 Å². The van der Waals surface area contributed by atoms with Crippen molar-refractivity contribution in [1.29, 1.82) is 0 Å². The average Bonchev–Trinajstić information content (AvgIpc) is 3.49. The van der Waals surface area contributed by atoms with Gasteiger partial charge < -0.3 is 15.4 Å². The summed E-state index contributed by atoms with van der Waals surface area (Å²) >= 11 is 0. The molecule has 2 saturated carbocycles. The van der Waals surface area contributed by atoms with E-state index >= 15 is 0 Å². The minimum atomic E-state index is -0.817. The second-order valence-corrected chi connectivity index (χ2v) is 8.79. The van der Waals surface area contributed by atoms with E-state index in [0.29, 0.717) is 37.0 Å². The monoisotopic (exact) mass is 399 g/mol. The van der Waals surface area contributed by atoms with Gasteiger partial charge in [0.15, 0.2) is 0 Å². The van der Waals surface area contributed by atoms with Crippen LogP contribution in [0.3, 0.4) is 0 Å². The van der Waals surface area contributed by atoms with Crippen LogP contribution in [0.2, 0.25) is 0 Å². The molecule has 7 heteroatoms. The van der Waals surface area contributed by atoms with E-state index in [2.05, 4.69) is 17.6 Å². The molecule has 1 spiro atoms. The molecule has 4 rings (SSSR count). The third-order valence-corrected chi connectivity index (χ3v) is 6.21. The minimum absolute atomic E-state index is 0.272. The summed E-state index contributed by atoms with van der Waals surface area (Å²) < 4.78 is 5.69. The van der Waals surface area contributed by atoms with Crippen LogP contribution in [0.1, 0.15) is 51.0 Å². The molecule has 2 aliphatic carbocycles. The average molecular weight is 399 g/mol. The lowest BCUT2D eigenvalue weighted by Gasteiger charge is -2.33. The molecule has 29 heavy (non-hydrogen) atoms. The highest BCUT2D eigenvalue weighted by Crippen LogP contribution is 2.36. The molecule has 3 fully saturated rings. The Morgan fingerprint density at radius 2 is 2.00 bits per heavy atom. The van der Waals surface area contributed by atoms with E-state index in [1.54, 1.807) is 6.07 Å². The molecular weight excluding hydrogens is 370 g/mol. The van der Waals surface area contributed by atoms with E-state index in [4.69, 9.17) is 4.74 Å². The molecule has 1 saturated heterocycles. The van der Waals surface area contributed by atoms with E-state index < -0.39 is 11.6 Å². The normalized spacial score (nSPS) is 26.7. The predicted octanol–water partition coefficient (Wildman–Crippen LogP) is 3.05. The van der Waals surface area contributed by atoms with Gasteiger partial charge in [0.05, 0.1) is 6.61 Å². The number of hydrogen-bond donors (Lipinski definition) is 2. The molecule has 0 atom stereocenters. The van der Waals surface area contributed by atoms with Crippen LogP contribution in [0.4, 0.5) is 10.5 Å². The summed E-state index contributed by atoms with van der Waals surface area (Å²) in [6.45, 7) is 3.17. The first kappa shape index (κ1) is 19.9. The van der Waals surface area contributed by atoms with Gasteiger partial charge in [0.25, 0.3) is 5.91 Å². The number of hydrogen-bond acceptors (Lipinski definition) is 4. The first-order chi connectivity index (χ1) is 13.9. The van der Waals surface area contributed by atoms with E-state index in [1.807, 2.05) is 18.2 Å². The summed E-state index contributed by atoms with van der Waals surface area (Å²) in [7, 11) is 0. The van der Waals surface area contributed by atoms with Crippen LogP contribution in [0.15, 0.2) is 24.3 Å². The maximum absolute atomic E-state index is 12.9. The van der Waals surface area contributed by atoms with Gasteiger partial charge in [-0.15, -0.1) is 0 Å². The number of urea groups is 1. The first-order valence-electron chi connectivity index (χ1n) is 10.6. The number of imide groups is 1. The van der Waals surface area contributed by atoms with Gasteiger partial charge in [-0.05, 0) is 68.1 Å². The highest BCUT2D eigenvalue weighted by atomic mass is 16.5. The standard InChI is InChI=1S/C22H29N3O4/c1-15-7-9-22(10-8-15)20(27)25(21(28)24-22)12-19(26)23-18-4-2-3-17(11-18)14-29-13-16-5-6-16/h2-4,11,15-16H,5-10,12-14H2,1H3,(H,23,26)(H,24,28). The molecule has 0 bridgehead atoms. The molecule has 3 aliphatic rings. The molecule has 156 valence electrons. The second-order valence-electron chi connectivity index (χ2n) is 8.79. The molecule has 0 unspecified atom stereocenters. The Hall–Kier alpha value is -2.41. The fourth-order valence-corrected chi connectivity index (χ4v) is 4.12. The van der Waals surface area contributed by atoms with Gasteiger partial charge in [-0.2, -0.15) is 0 Å². The Kier molecular flexibility index (Phi) is 5.58. The smallest absolute Gasteiger partial charge is 0.325 e. The van der Waals surface area contributed by atoms with Crippen molar-refractivity contribution >= 4 is 23.5 Å². The summed E-state index contributed by atoms with van der Waals surface area (Å²) in [5.74, 6) is 0.610. The molecule has 2 N–H and O–H groups in total. The number of nitrogens with one attached hydrogen (secondary N) is 2. The SMILES string of the molecule is CC1CCC2(CC1)NC(=O)N(CC(=O)Nc1cccc(COCC3CC3)c1)C2=O. The van der Waals surface area contributed by atoms with Crippen molar-refractivity contribution in [1.82, 2.24) is 10.2 Å². The Balaban J connectivity index is 1.32. The number of carbonyl (C=O) groups is 3. The zero-order valence-corrected chi connectivity index (χ0v) is 16.9. The number of rotatable bonds is 7. The lowest BCUT2D eigenvalue weighted by atomic mass is 9.77. The van der Waals surface area contributed by atoms with Crippen LogP contribution in [0.25, 0.3) is 0 Å². The molecule has 1 heterocycles. The molecule has 1 aliphatic heterocycles. The fraction of sp³-hybridized carbons (Fsp3) is 0.591.